The molecule has 0 spiro atoms. The number of imidazole rings is 1. The average Bonchev–Trinajstić information content (AvgIpc) is 3.02. The molecule has 0 aliphatic heterocycles. The van der Waals surface area contributed by atoms with E-state index in [0.717, 1.165) is 5.65 Å². The Morgan fingerprint density at radius 3 is 3.10 bits per heavy atom. The molecule has 0 bridgehead atoms. The molecule has 0 aliphatic carbocycles. The van der Waals surface area contributed by atoms with Crippen molar-refractivity contribution in [2.24, 2.45) is 0 Å². The van der Waals surface area contributed by atoms with Crippen molar-refractivity contribution in [1.82, 2.24) is 19.6 Å². The number of carbonyl (C=O) groups is 1. The molecule has 0 atom stereocenters. The molecule has 0 radical (unpaired) electrons. The molecule has 3 aromatic heterocycles. The molecule has 1 amide bonds. The fourth-order valence-corrected chi connectivity index (χ4v) is 2.74. The van der Waals surface area contributed by atoms with Crippen LogP contribution in [0.1, 0.15) is 21.2 Å². The van der Waals surface area contributed by atoms with Crippen molar-refractivity contribution in [3.05, 3.63) is 40.8 Å². The fourth-order valence-electron chi connectivity index (χ4n) is 2.03. The minimum absolute atomic E-state index is 0.258. The third kappa shape index (κ3) is 2.63. The van der Waals surface area contributed by atoms with Gasteiger partial charge < -0.3 is 4.74 Å². The summed E-state index contributed by atoms with van der Waals surface area (Å²) in [4.78, 5) is 16.8. The van der Waals surface area contributed by atoms with Crippen molar-refractivity contribution in [2.75, 3.05) is 12.4 Å². The van der Waals surface area contributed by atoms with E-state index in [9.17, 15) is 4.79 Å². The highest BCUT2D eigenvalue weighted by Crippen LogP contribution is 2.18. The summed E-state index contributed by atoms with van der Waals surface area (Å²) in [6, 6.07) is 5.59. The highest BCUT2D eigenvalue weighted by molar-refractivity contribution is 7.15. The van der Waals surface area contributed by atoms with Crippen LogP contribution in [-0.4, -0.2) is 32.6 Å². The fraction of sp³-hybridized carbons (Fsp3) is 0.231. The largest absolute Gasteiger partial charge is 0.377 e. The Hall–Kier alpha value is -2.32. The number of aromatic nitrogens is 4. The van der Waals surface area contributed by atoms with E-state index >= 15 is 0 Å². The highest BCUT2D eigenvalue weighted by atomic mass is 32.1. The van der Waals surface area contributed by atoms with Crippen molar-refractivity contribution in [2.45, 2.75) is 13.5 Å². The maximum Gasteiger partial charge on any atom is 0.276 e. The van der Waals surface area contributed by atoms with Gasteiger partial charge in [-0.2, -0.15) is 0 Å². The molecule has 0 aromatic carbocycles. The van der Waals surface area contributed by atoms with E-state index in [1.165, 1.54) is 11.3 Å². The van der Waals surface area contributed by atoms with Gasteiger partial charge in [-0.05, 0) is 19.1 Å². The van der Waals surface area contributed by atoms with Crippen LogP contribution in [0.4, 0.5) is 5.13 Å². The molecule has 8 heteroatoms. The number of ether oxygens (including phenoxy) is 1. The first-order valence-corrected chi connectivity index (χ1v) is 7.07. The Bertz CT molecular complexity index is 795. The van der Waals surface area contributed by atoms with E-state index in [1.54, 1.807) is 24.6 Å². The molecule has 3 heterocycles. The predicted octanol–water partition coefficient (Wildman–Crippen LogP) is 1.89. The molecule has 3 aromatic rings. The van der Waals surface area contributed by atoms with E-state index < -0.39 is 0 Å². The number of nitrogens with one attached hydrogen (secondary N) is 1. The van der Waals surface area contributed by atoms with Crippen LogP contribution in [0, 0.1) is 6.92 Å². The van der Waals surface area contributed by atoms with Gasteiger partial charge >= 0.3 is 0 Å². The molecule has 3 rings (SSSR count). The Labute approximate surface area is 124 Å². The molecule has 0 aliphatic rings. The summed E-state index contributed by atoms with van der Waals surface area (Å²) in [7, 11) is 1.58. The maximum atomic E-state index is 12.4. The summed E-state index contributed by atoms with van der Waals surface area (Å²) >= 11 is 1.29. The molecule has 0 saturated carbocycles. The van der Waals surface area contributed by atoms with Crippen LogP contribution >= 0.6 is 11.3 Å². The van der Waals surface area contributed by atoms with E-state index in [4.69, 9.17) is 4.74 Å². The average molecular weight is 303 g/mol. The minimum atomic E-state index is -0.258. The van der Waals surface area contributed by atoms with E-state index in [-0.39, 0.29) is 5.91 Å². The zero-order valence-corrected chi connectivity index (χ0v) is 12.3. The number of anilines is 1. The lowest BCUT2D eigenvalue weighted by molar-refractivity contribution is 0.102. The minimum Gasteiger partial charge on any atom is -0.377 e. The molecule has 0 fully saturated rings. The lowest BCUT2D eigenvalue weighted by Gasteiger charge is -2.02. The predicted molar refractivity (Wildman–Crippen MR) is 78.5 cm³/mol. The van der Waals surface area contributed by atoms with Crippen LogP contribution in [0.25, 0.3) is 5.65 Å². The number of nitrogens with zero attached hydrogens (tertiary/aromatic N) is 4. The normalized spacial score (nSPS) is 11.0. The Kier molecular flexibility index (Phi) is 3.63. The Morgan fingerprint density at radius 2 is 2.29 bits per heavy atom. The molecule has 21 heavy (non-hydrogen) atoms. The molecule has 7 nitrogen and oxygen atoms in total. The van der Waals surface area contributed by atoms with Crippen LogP contribution in [0.2, 0.25) is 0 Å². The number of hydrogen-bond donors (Lipinski definition) is 1. The number of pyridine rings is 1. The van der Waals surface area contributed by atoms with E-state index in [2.05, 4.69) is 20.5 Å². The third-order valence-corrected chi connectivity index (χ3v) is 3.69. The van der Waals surface area contributed by atoms with Crippen LogP contribution in [0.5, 0.6) is 0 Å². The standard InChI is InChI=1S/C13H13N5O2S/c1-8-11(18-6-4-3-5-9(18)14-8)12(19)15-13-17-16-10(21-13)7-20-2/h3-6H,7H2,1-2H3,(H,15,17,19). The summed E-state index contributed by atoms with van der Waals surface area (Å²) in [5, 5.41) is 11.8. The molecule has 0 saturated heterocycles. The van der Waals surface area contributed by atoms with Gasteiger partial charge in [0.15, 0.2) is 0 Å². The molecule has 108 valence electrons. The lowest BCUT2D eigenvalue weighted by atomic mass is 10.3. The number of fused-ring (bicyclic) bond motifs is 1. The van der Waals surface area contributed by atoms with Gasteiger partial charge in [-0.1, -0.05) is 17.4 Å². The van der Waals surface area contributed by atoms with Gasteiger partial charge in [-0.15, -0.1) is 10.2 Å². The van der Waals surface area contributed by atoms with Gasteiger partial charge in [0.1, 0.15) is 23.0 Å². The second-order valence-corrected chi connectivity index (χ2v) is 5.42. The maximum absolute atomic E-state index is 12.4. The van der Waals surface area contributed by atoms with Gasteiger partial charge in [-0.3, -0.25) is 14.5 Å². The van der Waals surface area contributed by atoms with Crippen molar-refractivity contribution < 1.29 is 9.53 Å². The first-order chi connectivity index (χ1) is 10.2. The summed E-state index contributed by atoms with van der Waals surface area (Å²) in [5.74, 6) is -0.258. The van der Waals surface area contributed by atoms with Gasteiger partial charge in [0.25, 0.3) is 5.91 Å². The van der Waals surface area contributed by atoms with Crippen molar-refractivity contribution >= 4 is 28.0 Å². The number of carbonyl (C=O) groups excluding carboxylic acids is 1. The topological polar surface area (TPSA) is 81.4 Å². The lowest BCUT2D eigenvalue weighted by Crippen LogP contribution is -2.15. The third-order valence-electron chi connectivity index (χ3n) is 2.87. The zero-order valence-electron chi connectivity index (χ0n) is 11.5. The number of hydrogen-bond acceptors (Lipinski definition) is 6. The quantitative estimate of drug-likeness (QED) is 0.796. The molecule has 1 N–H and O–H groups in total. The molecule has 0 unspecified atom stereocenters. The van der Waals surface area contributed by atoms with Crippen molar-refractivity contribution in [3.8, 4) is 0 Å². The van der Waals surface area contributed by atoms with Crippen LogP contribution < -0.4 is 5.32 Å². The SMILES string of the molecule is COCc1nnc(NC(=O)c2c(C)nc3ccccn23)s1. The second-order valence-electron chi connectivity index (χ2n) is 4.36. The molecular formula is C13H13N5O2S. The number of aryl methyl sites for hydroxylation is 1. The first kappa shape index (κ1) is 13.7. The van der Waals surface area contributed by atoms with Crippen LogP contribution in [-0.2, 0) is 11.3 Å². The summed E-state index contributed by atoms with van der Waals surface area (Å²) in [6.45, 7) is 2.18. The van der Waals surface area contributed by atoms with E-state index in [1.807, 2.05) is 18.2 Å². The van der Waals surface area contributed by atoms with Crippen LogP contribution in [0.3, 0.4) is 0 Å². The smallest absolute Gasteiger partial charge is 0.276 e. The second kappa shape index (κ2) is 5.58. The van der Waals surface area contributed by atoms with Crippen molar-refractivity contribution in [3.63, 3.8) is 0 Å². The summed E-state index contributed by atoms with van der Waals surface area (Å²) in [5.41, 5.74) is 1.90. The zero-order chi connectivity index (χ0) is 14.8. The Morgan fingerprint density at radius 1 is 1.43 bits per heavy atom. The summed E-state index contributed by atoms with van der Waals surface area (Å²) in [6.07, 6.45) is 1.81. The van der Waals surface area contributed by atoms with Crippen molar-refractivity contribution in [1.29, 1.82) is 0 Å². The van der Waals surface area contributed by atoms with Gasteiger partial charge in [-0.25, -0.2) is 4.98 Å². The Balaban J connectivity index is 1.88. The highest BCUT2D eigenvalue weighted by Gasteiger charge is 2.17. The summed E-state index contributed by atoms with van der Waals surface area (Å²) < 4.78 is 6.73. The van der Waals surface area contributed by atoms with Gasteiger partial charge in [0.2, 0.25) is 5.13 Å². The number of rotatable bonds is 4. The number of amides is 1. The number of methoxy groups -OCH3 is 1. The first-order valence-electron chi connectivity index (χ1n) is 6.25. The van der Waals surface area contributed by atoms with E-state index in [0.29, 0.717) is 28.1 Å². The monoisotopic (exact) mass is 303 g/mol. The molecular weight excluding hydrogens is 290 g/mol. The van der Waals surface area contributed by atoms with Gasteiger partial charge in [0, 0.05) is 13.3 Å². The van der Waals surface area contributed by atoms with Gasteiger partial charge in [0.05, 0.1) is 5.69 Å². The van der Waals surface area contributed by atoms with Crippen LogP contribution in [0.15, 0.2) is 24.4 Å².